The van der Waals surface area contributed by atoms with Crippen molar-refractivity contribution in [3.8, 4) is 11.5 Å². The highest BCUT2D eigenvalue weighted by atomic mass is 32.2. The Labute approximate surface area is 197 Å². The van der Waals surface area contributed by atoms with E-state index in [0.29, 0.717) is 29.4 Å². The molecule has 0 aliphatic carbocycles. The summed E-state index contributed by atoms with van der Waals surface area (Å²) in [6.07, 6.45) is 0.556. The predicted octanol–water partition coefficient (Wildman–Crippen LogP) is 4.84. The van der Waals surface area contributed by atoms with Gasteiger partial charge < -0.3 is 9.47 Å². The van der Waals surface area contributed by atoms with Gasteiger partial charge in [0.05, 0.1) is 19.9 Å². The maximum absolute atomic E-state index is 13.1. The largest absolute Gasteiger partial charge is 0.493 e. The van der Waals surface area contributed by atoms with Crippen LogP contribution in [0.2, 0.25) is 0 Å². The lowest BCUT2D eigenvalue weighted by molar-refractivity contribution is -0.119. The molecule has 7 heteroatoms. The first-order valence-electron chi connectivity index (χ1n) is 10.7. The van der Waals surface area contributed by atoms with Crippen LogP contribution >= 0.6 is 11.8 Å². The van der Waals surface area contributed by atoms with E-state index in [-0.39, 0.29) is 5.91 Å². The number of amidine groups is 2. The third-order valence-electron chi connectivity index (χ3n) is 5.69. The van der Waals surface area contributed by atoms with Crippen LogP contribution in [0, 0.1) is 0 Å². The number of ether oxygens (including phenoxy) is 2. The van der Waals surface area contributed by atoms with Crippen molar-refractivity contribution >= 4 is 34.4 Å². The summed E-state index contributed by atoms with van der Waals surface area (Å²) in [4.78, 5) is 24.5. The maximum Gasteiger partial charge on any atom is 0.271 e. The van der Waals surface area contributed by atoms with E-state index in [1.165, 1.54) is 5.56 Å². The summed E-state index contributed by atoms with van der Waals surface area (Å²) >= 11 is 1.60. The molecule has 0 radical (unpaired) electrons. The molecular formula is C26H23N3O3S. The van der Waals surface area contributed by atoms with Crippen LogP contribution in [-0.2, 0) is 17.0 Å². The highest BCUT2D eigenvalue weighted by molar-refractivity contribution is 8.13. The van der Waals surface area contributed by atoms with E-state index in [2.05, 4.69) is 17.1 Å². The molecule has 166 valence electrons. The van der Waals surface area contributed by atoms with E-state index in [4.69, 9.17) is 14.5 Å². The number of benzene rings is 3. The zero-order valence-corrected chi connectivity index (χ0v) is 19.2. The Morgan fingerprint density at radius 1 is 0.879 bits per heavy atom. The molecule has 0 unspecified atom stereocenters. The molecular weight excluding hydrogens is 434 g/mol. The van der Waals surface area contributed by atoms with Gasteiger partial charge in [0.1, 0.15) is 11.9 Å². The van der Waals surface area contributed by atoms with Gasteiger partial charge in [-0.2, -0.15) is 4.99 Å². The second-order valence-corrected chi connectivity index (χ2v) is 8.68. The zero-order chi connectivity index (χ0) is 22.8. The molecule has 5 rings (SSSR count). The van der Waals surface area contributed by atoms with Gasteiger partial charge in [-0.3, -0.25) is 9.69 Å². The number of hydrogen-bond acceptors (Lipinski definition) is 6. The Morgan fingerprint density at radius 2 is 1.52 bits per heavy atom. The fourth-order valence-corrected chi connectivity index (χ4v) is 5.05. The lowest BCUT2D eigenvalue weighted by Crippen LogP contribution is -2.44. The Hall–Kier alpha value is -3.58. The molecule has 0 fully saturated rings. The van der Waals surface area contributed by atoms with Crippen LogP contribution in [-0.4, -0.2) is 42.1 Å². The van der Waals surface area contributed by atoms with Crippen LogP contribution in [0.4, 0.5) is 5.69 Å². The van der Waals surface area contributed by atoms with Crippen LogP contribution in [0.1, 0.15) is 16.7 Å². The molecule has 3 aromatic carbocycles. The highest BCUT2D eigenvalue weighted by Gasteiger charge is 2.42. The smallest absolute Gasteiger partial charge is 0.271 e. The van der Waals surface area contributed by atoms with Gasteiger partial charge in [-0.1, -0.05) is 72.4 Å². The second-order valence-electron chi connectivity index (χ2n) is 7.74. The third kappa shape index (κ3) is 4.12. The lowest BCUT2D eigenvalue weighted by Gasteiger charge is -2.31. The van der Waals surface area contributed by atoms with Gasteiger partial charge in [0.2, 0.25) is 0 Å². The number of hydrogen-bond donors (Lipinski definition) is 0. The van der Waals surface area contributed by atoms with E-state index in [1.807, 2.05) is 65.6 Å². The SMILES string of the molecule is COc1cc2c(cc1OC)C1=NC(=O)[C@H](Cc3ccccc3)N1C(SCc1ccccc1)=N2. The average molecular weight is 458 g/mol. The molecule has 2 heterocycles. The summed E-state index contributed by atoms with van der Waals surface area (Å²) in [7, 11) is 3.19. The third-order valence-corrected chi connectivity index (χ3v) is 6.71. The number of fused-ring (bicyclic) bond motifs is 3. The molecule has 0 bridgehead atoms. The van der Waals surface area contributed by atoms with Gasteiger partial charge in [-0.05, 0) is 17.2 Å². The van der Waals surface area contributed by atoms with E-state index in [0.717, 1.165) is 22.0 Å². The lowest BCUT2D eigenvalue weighted by atomic mass is 10.0. The van der Waals surface area contributed by atoms with Crippen LogP contribution < -0.4 is 9.47 Å². The van der Waals surface area contributed by atoms with Crippen molar-refractivity contribution in [1.29, 1.82) is 0 Å². The van der Waals surface area contributed by atoms with E-state index >= 15 is 0 Å². The van der Waals surface area contributed by atoms with Crippen molar-refractivity contribution in [2.45, 2.75) is 18.2 Å². The van der Waals surface area contributed by atoms with Crippen molar-refractivity contribution in [2.75, 3.05) is 14.2 Å². The van der Waals surface area contributed by atoms with Gasteiger partial charge in [-0.15, -0.1) is 0 Å². The van der Waals surface area contributed by atoms with E-state index in [9.17, 15) is 4.79 Å². The molecule has 1 amide bonds. The highest BCUT2D eigenvalue weighted by Crippen LogP contribution is 2.41. The number of carbonyl (C=O) groups is 1. The molecule has 6 nitrogen and oxygen atoms in total. The van der Waals surface area contributed by atoms with Gasteiger partial charge >= 0.3 is 0 Å². The number of nitrogens with zero attached hydrogens (tertiary/aromatic N) is 3. The first kappa shape index (κ1) is 21.3. The fourth-order valence-electron chi connectivity index (χ4n) is 4.04. The standard InChI is InChI=1S/C26H23N3O3S/c1-31-22-14-19-20(15-23(22)32-2)27-26(33-16-18-11-7-4-8-12-18)29-21(25(30)28-24(19)29)13-17-9-5-3-6-10-17/h3-12,14-15,21H,13,16H2,1-2H3/t21-/m0/s1. The minimum atomic E-state index is -0.439. The molecule has 1 atom stereocenters. The quantitative estimate of drug-likeness (QED) is 0.530. The Bertz CT molecular complexity index is 1240. The first-order valence-corrected chi connectivity index (χ1v) is 11.6. The van der Waals surface area contributed by atoms with Crippen molar-refractivity contribution in [1.82, 2.24) is 4.90 Å². The molecule has 0 saturated heterocycles. The van der Waals surface area contributed by atoms with Gasteiger partial charge in [-0.25, -0.2) is 4.99 Å². The van der Waals surface area contributed by atoms with Crippen molar-refractivity contribution in [2.24, 2.45) is 9.98 Å². The van der Waals surface area contributed by atoms with E-state index in [1.54, 1.807) is 26.0 Å². The number of carbonyl (C=O) groups excluding carboxylic acids is 1. The van der Waals surface area contributed by atoms with Gasteiger partial charge in [0.15, 0.2) is 16.7 Å². The van der Waals surface area contributed by atoms with Crippen molar-refractivity contribution in [3.63, 3.8) is 0 Å². The molecule has 2 aliphatic rings. The molecule has 0 aromatic heterocycles. The Balaban J connectivity index is 1.56. The number of thioether (sulfide) groups is 1. The topological polar surface area (TPSA) is 63.5 Å². The molecule has 0 N–H and O–H groups in total. The zero-order valence-electron chi connectivity index (χ0n) is 18.4. The predicted molar refractivity (Wildman–Crippen MR) is 132 cm³/mol. The normalized spacial score (nSPS) is 16.6. The second kappa shape index (κ2) is 9.11. The maximum atomic E-state index is 13.1. The van der Waals surface area contributed by atoms with E-state index < -0.39 is 6.04 Å². The summed E-state index contributed by atoms with van der Waals surface area (Å²) < 4.78 is 11.0. The molecule has 2 aliphatic heterocycles. The Kier molecular flexibility index (Phi) is 5.88. The molecule has 0 saturated carbocycles. The molecule has 0 spiro atoms. The van der Waals surface area contributed by atoms with Crippen LogP contribution in [0.25, 0.3) is 0 Å². The minimum Gasteiger partial charge on any atom is -0.493 e. The van der Waals surface area contributed by atoms with Gasteiger partial charge in [0, 0.05) is 23.8 Å². The van der Waals surface area contributed by atoms with Gasteiger partial charge in [0.25, 0.3) is 5.91 Å². The summed E-state index contributed by atoms with van der Waals surface area (Å²) in [6.45, 7) is 0. The average Bonchev–Trinajstić information content (AvgIpc) is 3.19. The first-order chi connectivity index (χ1) is 16.2. The van der Waals surface area contributed by atoms with Crippen LogP contribution in [0.3, 0.4) is 0 Å². The summed E-state index contributed by atoms with van der Waals surface area (Å²) in [5.41, 5.74) is 3.75. The fraction of sp³-hybridized carbons (Fsp3) is 0.192. The number of amides is 1. The number of rotatable bonds is 6. The van der Waals surface area contributed by atoms with Crippen LogP contribution in [0.5, 0.6) is 11.5 Å². The number of methoxy groups -OCH3 is 2. The monoisotopic (exact) mass is 457 g/mol. The number of aliphatic imine (C=N–C) groups is 2. The Morgan fingerprint density at radius 3 is 2.18 bits per heavy atom. The minimum absolute atomic E-state index is 0.163. The van der Waals surface area contributed by atoms with Crippen molar-refractivity contribution in [3.05, 3.63) is 89.5 Å². The summed E-state index contributed by atoms with van der Waals surface area (Å²) in [5, 5.41) is 0.754. The summed E-state index contributed by atoms with van der Waals surface area (Å²) in [6, 6.07) is 23.5. The molecule has 3 aromatic rings. The van der Waals surface area contributed by atoms with Crippen LogP contribution in [0.15, 0.2) is 82.8 Å². The van der Waals surface area contributed by atoms with Crippen molar-refractivity contribution < 1.29 is 14.3 Å². The summed E-state index contributed by atoms with van der Waals surface area (Å²) in [5.74, 6) is 2.35. The molecule has 33 heavy (non-hydrogen) atoms.